The first-order valence-corrected chi connectivity index (χ1v) is 17.9. The van der Waals surface area contributed by atoms with Crippen molar-refractivity contribution in [2.24, 2.45) is 0 Å². The van der Waals surface area contributed by atoms with Crippen LogP contribution in [0.2, 0.25) is 0 Å². The van der Waals surface area contributed by atoms with Crippen LogP contribution in [0.1, 0.15) is 37.1 Å². The molecular formula is C48H41N3. The van der Waals surface area contributed by atoms with E-state index in [0.29, 0.717) is 0 Å². The van der Waals surface area contributed by atoms with Crippen LogP contribution in [0.3, 0.4) is 0 Å². The van der Waals surface area contributed by atoms with Crippen molar-refractivity contribution in [2.45, 2.75) is 33.1 Å². The molecule has 0 bridgehead atoms. The van der Waals surface area contributed by atoms with E-state index in [-0.39, 0.29) is 0 Å². The van der Waals surface area contributed by atoms with Gasteiger partial charge < -0.3 is 4.57 Å². The molecule has 0 radical (unpaired) electrons. The number of hydrogen-bond donors (Lipinski definition) is 0. The molecule has 0 N–H and O–H groups in total. The lowest BCUT2D eigenvalue weighted by molar-refractivity contribution is 0.871. The molecule has 3 heterocycles. The number of para-hydroxylation sites is 2. The van der Waals surface area contributed by atoms with Crippen molar-refractivity contribution in [3.63, 3.8) is 0 Å². The molecule has 0 amide bonds. The van der Waals surface area contributed by atoms with Crippen LogP contribution in [-0.4, -0.2) is 14.1 Å². The van der Waals surface area contributed by atoms with Gasteiger partial charge in [0.05, 0.1) is 16.6 Å². The van der Waals surface area contributed by atoms with Crippen molar-refractivity contribution in [3.8, 4) is 33.8 Å². The zero-order valence-corrected chi connectivity index (χ0v) is 29.3. The maximum absolute atomic E-state index is 4.91. The minimum absolute atomic E-state index is 0.878. The molecule has 0 saturated heterocycles. The Morgan fingerprint density at radius 1 is 0.627 bits per heavy atom. The van der Waals surface area contributed by atoms with Crippen LogP contribution in [0, 0.1) is 0 Å². The van der Waals surface area contributed by atoms with Crippen molar-refractivity contribution in [2.75, 3.05) is 0 Å². The minimum atomic E-state index is 0.878. The highest BCUT2D eigenvalue weighted by atomic mass is 15.1. The van der Waals surface area contributed by atoms with Gasteiger partial charge in [-0.05, 0) is 109 Å². The van der Waals surface area contributed by atoms with Crippen molar-refractivity contribution < 1.29 is 0 Å². The minimum Gasteiger partial charge on any atom is -0.309 e. The van der Waals surface area contributed by atoms with Crippen LogP contribution < -0.4 is 0 Å². The molecule has 0 spiro atoms. The number of fused-ring (bicyclic) bond motifs is 6. The summed E-state index contributed by atoms with van der Waals surface area (Å²) in [5.74, 6) is 0.959. The molecule has 8 aromatic rings. The molecule has 9 rings (SSSR count). The van der Waals surface area contributed by atoms with Crippen LogP contribution in [0.25, 0.3) is 72.5 Å². The highest BCUT2D eigenvalue weighted by Gasteiger charge is 2.21. The zero-order chi connectivity index (χ0) is 34.7. The molecule has 1 aliphatic carbocycles. The van der Waals surface area contributed by atoms with E-state index in [0.717, 1.165) is 25.1 Å². The Balaban J connectivity index is 0.000000890. The van der Waals surface area contributed by atoms with E-state index in [1.807, 2.05) is 38.3 Å². The van der Waals surface area contributed by atoms with Crippen molar-refractivity contribution >= 4 is 38.8 Å². The predicted molar refractivity (Wildman–Crippen MR) is 218 cm³/mol. The molecule has 3 heteroatoms. The lowest BCUT2D eigenvalue weighted by Crippen LogP contribution is -2.04. The van der Waals surface area contributed by atoms with Crippen LogP contribution >= 0.6 is 0 Å². The number of aromatic nitrogens is 3. The molecule has 0 aliphatic heterocycles. The van der Waals surface area contributed by atoms with Gasteiger partial charge in [0.1, 0.15) is 5.82 Å². The molecule has 1 aliphatic rings. The van der Waals surface area contributed by atoms with E-state index >= 15 is 0 Å². The van der Waals surface area contributed by atoms with E-state index in [4.69, 9.17) is 4.98 Å². The predicted octanol–water partition coefficient (Wildman–Crippen LogP) is 12.7. The van der Waals surface area contributed by atoms with E-state index < -0.39 is 0 Å². The molecule has 0 unspecified atom stereocenters. The largest absolute Gasteiger partial charge is 0.309 e. The van der Waals surface area contributed by atoms with Crippen LogP contribution in [0.5, 0.6) is 0 Å². The van der Waals surface area contributed by atoms with E-state index in [9.17, 15) is 0 Å². The normalized spacial score (nSPS) is 12.4. The SMILES string of the molecule is C/C=C\C.C=CCc1ccc(-c2ccnc(-n3c4c(c5cc(-c6ccc7c8ccccc8n(-c8ccccc8)c7c6)ccc53)C=CCC4)c2)cc1. The second-order valence-corrected chi connectivity index (χ2v) is 13.0. The van der Waals surface area contributed by atoms with Gasteiger partial charge >= 0.3 is 0 Å². The smallest absolute Gasteiger partial charge is 0.137 e. The quantitative estimate of drug-likeness (QED) is 0.163. The van der Waals surface area contributed by atoms with Gasteiger partial charge in [0.15, 0.2) is 0 Å². The monoisotopic (exact) mass is 659 g/mol. The van der Waals surface area contributed by atoms with E-state index in [2.05, 4.69) is 155 Å². The van der Waals surface area contributed by atoms with E-state index in [1.165, 1.54) is 77.5 Å². The summed E-state index contributed by atoms with van der Waals surface area (Å²) in [6, 6.07) is 46.3. The highest BCUT2D eigenvalue weighted by Crippen LogP contribution is 2.39. The third-order valence-corrected chi connectivity index (χ3v) is 9.94. The van der Waals surface area contributed by atoms with Gasteiger partial charge in [-0.15, -0.1) is 6.58 Å². The Bertz CT molecular complexity index is 2570. The first kappa shape index (κ1) is 32.0. The van der Waals surface area contributed by atoms with E-state index in [1.54, 1.807) is 0 Å². The summed E-state index contributed by atoms with van der Waals surface area (Å²) in [7, 11) is 0. The maximum Gasteiger partial charge on any atom is 0.137 e. The first-order chi connectivity index (χ1) is 25.2. The molecular weight excluding hydrogens is 619 g/mol. The van der Waals surface area contributed by atoms with Gasteiger partial charge in [-0.25, -0.2) is 4.98 Å². The molecule has 0 saturated carbocycles. The summed E-state index contributed by atoms with van der Waals surface area (Å²) in [6.45, 7) is 7.88. The lowest BCUT2D eigenvalue weighted by Gasteiger charge is -2.13. The number of pyridine rings is 1. The molecule has 5 aromatic carbocycles. The fourth-order valence-electron chi connectivity index (χ4n) is 7.39. The second kappa shape index (κ2) is 14.0. The summed E-state index contributed by atoms with van der Waals surface area (Å²) >= 11 is 0. The Labute approximate surface area is 300 Å². The molecule has 0 atom stereocenters. The van der Waals surface area contributed by atoms with Crippen molar-refractivity contribution in [3.05, 3.63) is 181 Å². The summed E-state index contributed by atoms with van der Waals surface area (Å²) in [5.41, 5.74) is 13.5. The Hall–Kier alpha value is -6.19. The number of allylic oxidation sites excluding steroid dienone is 4. The summed E-state index contributed by atoms with van der Waals surface area (Å²) in [6.07, 6.45) is 15.4. The van der Waals surface area contributed by atoms with Gasteiger partial charge in [-0.1, -0.05) is 109 Å². The molecule has 248 valence electrons. The lowest BCUT2D eigenvalue weighted by atomic mass is 9.98. The summed E-state index contributed by atoms with van der Waals surface area (Å²) < 4.78 is 4.77. The molecule has 3 aromatic heterocycles. The van der Waals surface area contributed by atoms with Crippen LogP contribution in [-0.2, 0) is 12.8 Å². The number of benzene rings is 5. The highest BCUT2D eigenvalue weighted by molar-refractivity contribution is 6.10. The topological polar surface area (TPSA) is 22.8 Å². The van der Waals surface area contributed by atoms with Crippen molar-refractivity contribution in [1.82, 2.24) is 14.1 Å². The average molecular weight is 660 g/mol. The van der Waals surface area contributed by atoms with Crippen LogP contribution in [0.15, 0.2) is 164 Å². The number of hydrogen-bond acceptors (Lipinski definition) is 1. The molecule has 3 nitrogen and oxygen atoms in total. The van der Waals surface area contributed by atoms with Gasteiger partial charge in [0, 0.05) is 39.3 Å². The van der Waals surface area contributed by atoms with Gasteiger partial charge in [0.25, 0.3) is 0 Å². The first-order valence-electron chi connectivity index (χ1n) is 17.9. The van der Waals surface area contributed by atoms with Gasteiger partial charge in [-0.3, -0.25) is 4.57 Å². The zero-order valence-electron chi connectivity index (χ0n) is 29.3. The van der Waals surface area contributed by atoms with Crippen molar-refractivity contribution in [1.29, 1.82) is 0 Å². The maximum atomic E-state index is 4.91. The van der Waals surface area contributed by atoms with Gasteiger partial charge in [-0.2, -0.15) is 0 Å². The van der Waals surface area contributed by atoms with Crippen LogP contribution in [0.4, 0.5) is 0 Å². The fourth-order valence-corrected chi connectivity index (χ4v) is 7.39. The molecule has 0 fully saturated rings. The number of nitrogens with zero attached hydrogens (tertiary/aromatic N) is 3. The fraction of sp³-hybridized carbons (Fsp3) is 0.104. The average Bonchev–Trinajstić information content (AvgIpc) is 3.71. The molecule has 51 heavy (non-hydrogen) atoms. The summed E-state index contributed by atoms with van der Waals surface area (Å²) in [4.78, 5) is 4.91. The third-order valence-electron chi connectivity index (χ3n) is 9.94. The Kier molecular flexibility index (Phi) is 8.78. The standard InChI is InChI=1S/C44H33N3.C4H8/c1-2-10-30-17-19-31(20-18-30)34-25-26-45-44(29-34)47-41-16-9-7-14-37(41)39-27-32(22-24-42(39)47)33-21-23-38-36-13-6-8-15-40(36)46(43(38)28-33)35-11-4-3-5-12-35;1-3-4-2/h2-8,11-15,17-29H,1,9-10,16H2;3-4H,1-2H3/b;4-3-. The van der Waals surface area contributed by atoms with Gasteiger partial charge in [0.2, 0.25) is 0 Å². The number of rotatable bonds is 6. The third kappa shape index (κ3) is 5.91. The Morgan fingerprint density at radius 2 is 1.31 bits per heavy atom. The Morgan fingerprint density at radius 3 is 2.12 bits per heavy atom. The summed E-state index contributed by atoms with van der Waals surface area (Å²) in [5, 5.41) is 3.80. The second-order valence-electron chi connectivity index (χ2n) is 13.0.